The van der Waals surface area contributed by atoms with Gasteiger partial charge in [-0.3, -0.25) is 19.3 Å². The minimum absolute atomic E-state index is 0.0122. The summed E-state index contributed by atoms with van der Waals surface area (Å²) in [7, 11) is 1.46. The summed E-state index contributed by atoms with van der Waals surface area (Å²) in [4.78, 5) is 42.1. The highest BCUT2D eigenvalue weighted by Gasteiger charge is 2.43. The first-order chi connectivity index (χ1) is 19.4. The summed E-state index contributed by atoms with van der Waals surface area (Å²) in [6, 6.07) is 2.49. The van der Waals surface area contributed by atoms with Crippen LogP contribution in [0.2, 0.25) is 0 Å². The number of carbonyl (C=O) groups is 3. The Morgan fingerprint density at radius 1 is 1.27 bits per heavy atom. The second-order valence-corrected chi connectivity index (χ2v) is 11.4. The molecule has 1 aromatic carbocycles. The third kappa shape index (κ3) is 7.32. The maximum absolute atomic E-state index is 13.7. The first-order valence-electron chi connectivity index (χ1n) is 13.7. The Hall–Kier alpha value is -2.26. The number of halogens is 1. The van der Waals surface area contributed by atoms with Crippen molar-refractivity contribution in [1.82, 2.24) is 15.1 Å². The van der Waals surface area contributed by atoms with Gasteiger partial charge in [-0.1, -0.05) is 6.42 Å². The van der Waals surface area contributed by atoms with Crippen LogP contribution in [0.4, 0.5) is 0 Å². The second-order valence-electron chi connectivity index (χ2n) is 10.3. The monoisotopic (exact) mass is 671 g/mol. The van der Waals surface area contributed by atoms with Crippen molar-refractivity contribution in [3.05, 3.63) is 32.9 Å². The van der Waals surface area contributed by atoms with Crippen LogP contribution in [0.5, 0.6) is 11.5 Å². The molecule has 12 heteroatoms. The average molecular weight is 672 g/mol. The Balaban J connectivity index is 1.65. The van der Waals surface area contributed by atoms with Crippen molar-refractivity contribution in [2.45, 2.75) is 43.9 Å². The quantitative estimate of drug-likeness (QED) is 0.220. The number of aldehydes is 1. The van der Waals surface area contributed by atoms with Crippen LogP contribution in [0.25, 0.3) is 0 Å². The molecule has 0 aromatic heterocycles. The molecule has 3 N–H and O–H groups in total. The summed E-state index contributed by atoms with van der Waals surface area (Å²) in [5.41, 5.74) is 0.778. The van der Waals surface area contributed by atoms with Crippen LogP contribution in [0, 0.1) is 9.49 Å². The van der Waals surface area contributed by atoms with Crippen molar-refractivity contribution in [2.24, 2.45) is 5.92 Å². The number of methoxy groups -OCH3 is 1. The third-order valence-corrected chi connectivity index (χ3v) is 8.56. The maximum atomic E-state index is 13.7. The molecule has 0 spiro atoms. The standard InChI is InChI=1S/C28H38IN3O8/c1-38-24-14-18(17-34)13-21(29)26(24)40-23-16-20(27(36)30-5-10-33)15-22(25(23)35)32(28(37)19-3-2-4-19)7-6-31-8-11-39-12-9-31/h13-14,16-17,19,22-23,25,33,35H,2-12,15H2,1H3,(H,30,36)/t22-,23+,25+/m1/s1. The van der Waals surface area contributed by atoms with Gasteiger partial charge in [0.25, 0.3) is 0 Å². The lowest BCUT2D eigenvalue weighted by Crippen LogP contribution is -2.58. The molecule has 220 valence electrons. The lowest BCUT2D eigenvalue weighted by Gasteiger charge is -2.43. The van der Waals surface area contributed by atoms with Crippen LogP contribution < -0.4 is 14.8 Å². The molecule has 1 saturated carbocycles. The van der Waals surface area contributed by atoms with E-state index in [2.05, 4.69) is 10.2 Å². The Kier molecular flexibility index (Phi) is 11.2. The van der Waals surface area contributed by atoms with E-state index >= 15 is 0 Å². The van der Waals surface area contributed by atoms with Crippen LogP contribution in [0.3, 0.4) is 0 Å². The summed E-state index contributed by atoms with van der Waals surface area (Å²) >= 11 is 2.03. The van der Waals surface area contributed by atoms with Crippen molar-refractivity contribution in [3.63, 3.8) is 0 Å². The van der Waals surface area contributed by atoms with Crippen LogP contribution in [-0.2, 0) is 14.3 Å². The van der Waals surface area contributed by atoms with E-state index < -0.39 is 18.2 Å². The molecule has 11 nitrogen and oxygen atoms in total. The van der Waals surface area contributed by atoms with E-state index in [9.17, 15) is 24.6 Å². The predicted molar refractivity (Wildman–Crippen MR) is 154 cm³/mol. The van der Waals surface area contributed by atoms with Gasteiger partial charge in [-0.25, -0.2) is 0 Å². The molecule has 2 amide bonds. The van der Waals surface area contributed by atoms with Crippen LogP contribution in [0.15, 0.2) is 23.8 Å². The molecule has 1 heterocycles. The summed E-state index contributed by atoms with van der Waals surface area (Å²) in [6.07, 6.45) is 2.95. The first kappa shape index (κ1) is 30.7. The molecule has 0 radical (unpaired) electrons. The number of amides is 2. The van der Waals surface area contributed by atoms with Crippen LogP contribution >= 0.6 is 22.6 Å². The smallest absolute Gasteiger partial charge is 0.247 e. The van der Waals surface area contributed by atoms with Gasteiger partial charge in [-0.15, -0.1) is 0 Å². The highest BCUT2D eigenvalue weighted by molar-refractivity contribution is 14.1. The van der Waals surface area contributed by atoms with Gasteiger partial charge in [-0.05, 0) is 53.6 Å². The largest absolute Gasteiger partial charge is 0.493 e. The molecule has 40 heavy (non-hydrogen) atoms. The normalized spacial score (nSPS) is 23.5. The van der Waals surface area contributed by atoms with Crippen molar-refractivity contribution in [1.29, 1.82) is 0 Å². The van der Waals surface area contributed by atoms with Crippen LogP contribution in [-0.4, -0.2) is 116 Å². The molecule has 2 fully saturated rings. The number of nitrogens with zero attached hydrogens (tertiary/aromatic N) is 2. The molecule has 1 aliphatic heterocycles. The number of carbonyl (C=O) groups excluding carboxylic acids is 3. The number of hydrogen-bond donors (Lipinski definition) is 3. The predicted octanol–water partition coefficient (Wildman–Crippen LogP) is 0.989. The van der Waals surface area contributed by atoms with E-state index in [1.54, 1.807) is 23.1 Å². The zero-order valence-corrected chi connectivity index (χ0v) is 24.9. The minimum atomic E-state index is -1.13. The van der Waals surface area contributed by atoms with Gasteiger partial charge in [0, 0.05) is 56.2 Å². The fraction of sp³-hybridized carbons (Fsp3) is 0.607. The number of morpholine rings is 1. The molecule has 0 bridgehead atoms. The SMILES string of the molecule is COc1cc(C=O)cc(I)c1O[C@H]1C=C(C(=O)NCCO)C[C@@H](N(CCN2CCOCC2)C(=O)C2CCC2)[C@@H]1O. The summed E-state index contributed by atoms with van der Waals surface area (Å²) in [5, 5.41) is 23.6. The molecule has 3 aliphatic rings. The fourth-order valence-electron chi connectivity index (χ4n) is 5.24. The molecule has 2 aliphatic carbocycles. The fourth-order valence-corrected chi connectivity index (χ4v) is 5.99. The number of hydrogen-bond acceptors (Lipinski definition) is 9. The topological polar surface area (TPSA) is 138 Å². The molecule has 0 unspecified atom stereocenters. The third-order valence-electron chi connectivity index (χ3n) is 7.75. The zero-order chi connectivity index (χ0) is 28.6. The number of rotatable bonds is 12. The first-order valence-corrected chi connectivity index (χ1v) is 14.8. The van der Waals surface area contributed by atoms with Gasteiger partial charge >= 0.3 is 0 Å². The van der Waals surface area contributed by atoms with Gasteiger partial charge in [-0.2, -0.15) is 0 Å². The van der Waals surface area contributed by atoms with Crippen molar-refractivity contribution in [3.8, 4) is 11.5 Å². The van der Waals surface area contributed by atoms with Gasteiger partial charge in [0.2, 0.25) is 11.8 Å². The van der Waals surface area contributed by atoms with E-state index in [1.807, 2.05) is 22.6 Å². The van der Waals surface area contributed by atoms with Crippen molar-refractivity contribution < 1.29 is 38.8 Å². The number of ether oxygens (including phenoxy) is 3. The van der Waals surface area contributed by atoms with Gasteiger partial charge in [0.05, 0.1) is 36.5 Å². The van der Waals surface area contributed by atoms with E-state index in [-0.39, 0.29) is 37.3 Å². The number of aliphatic hydroxyl groups is 2. The van der Waals surface area contributed by atoms with E-state index in [0.29, 0.717) is 58.8 Å². The summed E-state index contributed by atoms with van der Waals surface area (Å²) < 4.78 is 17.8. The molecule has 4 rings (SSSR count). The van der Waals surface area contributed by atoms with Crippen LogP contribution in [0.1, 0.15) is 36.0 Å². The zero-order valence-electron chi connectivity index (χ0n) is 22.7. The van der Waals surface area contributed by atoms with Gasteiger partial charge < -0.3 is 34.6 Å². The number of benzene rings is 1. The second kappa shape index (κ2) is 14.6. The lowest BCUT2D eigenvalue weighted by atomic mass is 9.82. The molecule has 1 saturated heterocycles. The highest BCUT2D eigenvalue weighted by atomic mass is 127. The van der Waals surface area contributed by atoms with Crippen molar-refractivity contribution in [2.75, 3.05) is 59.7 Å². The summed E-state index contributed by atoms with van der Waals surface area (Å²) in [6.45, 7) is 3.72. The Morgan fingerprint density at radius 2 is 2.02 bits per heavy atom. The maximum Gasteiger partial charge on any atom is 0.247 e. The highest BCUT2D eigenvalue weighted by Crippen LogP contribution is 2.37. The van der Waals surface area contributed by atoms with E-state index in [1.165, 1.54) is 7.11 Å². The molecular weight excluding hydrogens is 633 g/mol. The Labute approximate surface area is 247 Å². The average Bonchev–Trinajstić information content (AvgIpc) is 2.93. The Morgan fingerprint density at radius 3 is 2.65 bits per heavy atom. The molecule has 1 aromatic rings. The molecular formula is C28H38IN3O8. The minimum Gasteiger partial charge on any atom is -0.493 e. The number of aliphatic hydroxyl groups excluding tert-OH is 2. The Bertz CT molecular complexity index is 1090. The van der Waals surface area contributed by atoms with E-state index in [0.717, 1.165) is 32.4 Å². The van der Waals surface area contributed by atoms with E-state index in [4.69, 9.17) is 14.2 Å². The summed E-state index contributed by atoms with van der Waals surface area (Å²) in [5.74, 6) is 0.155. The van der Waals surface area contributed by atoms with Crippen molar-refractivity contribution >= 4 is 40.7 Å². The molecule has 3 atom stereocenters. The lowest BCUT2D eigenvalue weighted by molar-refractivity contribution is -0.146. The van der Waals surface area contributed by atoms with Gasteiger partial charge in [0.15, 0.2) is 11.5 Å². The number of nitrogens with one attached hydrogen (secondary N) is 1. The van der Waals surface area contributed by atoms with Gasteiger partial charge in [0.1, 0.15) is 18.5 Å².